The first-order valence-corrected chi connectivity index (χ1v) is 9.46. The van der Waals surface area contributed by atoms with Crippen molar-refractivity contribution in [1.82, 2.24) is 15.5 Å². The van der Waals surface area contributed by atoms with E-state index in [2.05, 4.69) is 46.5 Å². The molecule has 5 nitrogen and oxygen atoms in total. The molecule has 1 unspecified atom stereocenters. The van der Waals surface area contributed by atoms with Gasteiger partial charge in [0.25, 0.3) is 0 Å². The molecule has 2 rings (SSSR count). The average Bonchev–Trinajstić information content (AvgIpc) is 3.15. The van der Waals surface area contributed by atoms with E-state index in [1.54, 1.807) is 7.11 Å². The van der Waals surface area contributed by atoms with E-state index in [0.717, 1.165) is 44.3 Å². The van der Waals surface area contributed by atoms with Crippen molar-refractivity contribution in [2.24, 2.45) is 10.9 Å². The van der Waals surface area contributed by atoms with Crippen LogP contribution in [-0.2, 0) is 0 Å². The third-order valence-electron chi connectivity index (χ3n) is 4.78. The van der Waals surface area contributed by atoms with Crippen molar-refractivity contribution in [3.8, 4) is 5.75 Å². The minimum atomic E-state index is 0. The smallest absolute Gasteiger partial charge is 0.191 e. The van der Waals surface area contributed by atoms with Gasteiger partial charge in [0, 0.05) is 20.1 Å². The number of nitrogens with one attached hydrogen (secondary N) is 2. The quantitative estimate of drug-likeness (QED) is 0.343. The molecular weight excluding hydrogens is 439 g/mol. The van der Waals surface area contributed by atoms with Crippen LogP contribution in [0.3, 0.4) is 0 Å². The zero-order valence-corrected chi connectivity index (χ0v) is 19.0. The Hall–Kier alpha value is -1.02. The van der Waals surface area contributed by atoms with E-state index >= 15 is 0 Å². The van der Waals surface area contributed by atoms with E-state index in [1.807, 2.05) is 19.2 Å². The number of aliphatic imine (C=N–C) groups is 1. The molecule has 6 heteroatoms. The second-order valence-corrected chi connectivity index (χ2v) is 7.09. The third-order valence-corrected chi connectivity index (χ3v) is 4.78. The van der Waals surface area contributed by atoms with Crippen LogP contribution in [-0.4, -0.2) is 51.2 Å². The van der Waals surface area contributed by atoms with Crippen LogP contribution >= 0.6 is 24.0 Å². The number of halogens is 1. The Morgan fingerprint density at radius 2 is 1.81 bits per heavy atom. The van der Waals surface area contributed by atoms with Gasteiger partial charge in [-0.15, -0.1) is 24.0 Å². The van der Waals surface area contributed by atoms with Crippen LogP contribution in [0.4, 0.5) is 0 Å². The summed E-state index contributed by atoms with van der Waals surface area (Å²) in [6.07, 6.45) is 3.72. The molecule has 2 N–H and O–H groups in total. The largest absolute Gasteiger partial charge is 0.497 e. The molecule has 1 aliphatic rings. The normalized spacial score (nSPS) is 16.3. The Bertz CT molecular complexity index is 527. The Morgan fingerprint density at radius 1 is 1.15 bits per heavy atom. The lowest BCUT2D eigenvalue weighted by molar-refractivity contribution is 0.245. The zero-order chi connectivity index (χ0) is 18.1. The van der Waals surface area contributed by atoms with Gasteiger partial charge in [0.05, 0.1) is 13.2 Å². The van der Waals surface area contributed by atoms with Crippen molar-refractivity contribution in [3.63, 3.8) is 0 Å². The van der Waals surface area contributed by atoms with Gasteiger partial charge in [0.2, 0.25) is 0 Å². The highest BCUT2D eigenvalue weighted by Gasteiger charge is 2.23. The van der Waals surface area contributed by atoms with Crippen LogP contribution in [0, 0.1) is 5.92 Å². The van der Waals surface area contributed by atoms with Gasteiger partial charge in [0.1, 0.15) is 5.75 Å². The number of nitrogens with zero attached hydrogens (tertiary/aromatic N) is 2. The van der Waals surface area contributed by atoms with E-state index in [-0.39, 0.29) is 24.0 Å². The predicted octanol–water partition coefficient (Wildman–Crippen LogP) is 3.66. The van der Waals surface area contributed by atoms with Crippen molar-refractivity contribution in [3.05, 3.63) is 29.8 Å². The van der Waals surface area contributed by atoms with Crippen LogP contribution in [0.25, 0.3) is 0 Å². The molecule has 1 heterocycles. The van der Waals surface area contributed by atoms with E-state index < -0.39 is 0 Å². The molecule has 0 radical (unpaired) electrons. The first-order valence-electron chi connectivity index (χ1n) is 9.46. The Morgan fingerprint density at radius 3 is 2.35 bits per heavy atom. The van der Waals surface area contributed by atoms with Gasteiger partial charge in [-0.25, -0.2) is 0 Å². The zero-order valence-electron chi connectivity index (χ0n) is 16.6. The molecule has 0 aliphatic carbocycles. The van der Waals surface area contributed by atoms with E-state index in [1.165, 1.54) is 18.4 Å². The standard InChI is InChI=1S/C20H34N4O.HI/c1-16(2)11-12-22-20(21-3)23-15-19(24-13-5-6-14-24)17-7-9-18(25-4)10-8-17;/h7-10,16,19H,5-6,11-15H2,1-4H3,(H2,21,22,23);1H. The predicted molar refractivity (Wildman–Crippen MR) is 121 cm³/mol. The minimum Gasteiger partial charge on any atom is -0.497 e. The fourth-order valence-corrected chi connectivity index (χ4v) is 3.23. The van der Waals surface area contributed by atoms with Gasteiger partial charge in [-0.2, -0.15) is 0 Å². The number of hydrogen-bond donors (Lipinski definition) is 2. The van der Waals surface area contributed by atoms with Gasteiger partial charge in [-0.3, -0.25) is 9.89 Å². The summed E-state index contributed by atoms with van der Waals surface area (Å²) in [5.41, 5.74) is 1.33. The summed E-state index contributed by atoms with van der Waals surface area (Å²) in [7, 11) is 3.55. The topological polar surface area (TPSA) is 48.9 Å². The van der Waals surface area contributed by atoms with Crippen molar-refractivity contribution in [2.45, 2.75) is 39.2 Å². The fraction of sp³-hybridized carbons (Fsp3) is 0.650. The molecule has 0 amide bonds. The Kier molecular flexibility index (Phi) is 11.0. The number of benzene rings is 1. The molecule has 0 bridgehead atoms. The first-order chi connectivity index (χ1) is 12.1. The fourth-order valence-electron chi connectivity index (χ4n) is 3.23. The highest BCUT2D eigenvalue weighted by Crippen LogP contribution is 2.26. The molecule has 1 aromatic rings. The molecule has 148 valence electrons. The van der Waals surface area contributed by atoms with Gasteiger partial charge < -0.3 is 15.4 Å². The van der Waals surface area contributed by atoms with E-state index in [4.69, 9.17) is 4.74 Å². The maximum absolute atomic E-state index is 5.30. The number of likely N-dealkylation sites (tertiary alicyclic amines) is 1. The molecule has 1 aliphatic heterocycles. The van der Waals surface area contributed by atoms with Crippen LogP contribution in [0.1, 0.15) is 44.7 Å². The van der Waals surface area contributed by atoms with E-state index in [9.17, 15) is 0 Å². The number of guanidine groups is 1. The lowest BCUT2D eigenvalue weighted by Gasteiger charge is -2.29. The summed E-state index contributed by atoms with van der Waals surface area (Å²) in [4.78, 5) is 6.93. The molecule has 26 heavy (non-hydrogen) atoms. The number of hydrogen-bond acceptors (Lipinski definition) is 3. The summed E-state index contributed by atoms with van der Waals surface area (Å²) >= 11 is 0. The number of methoxy groups -OCH3 is 1. The second-order valence-electron chi connectivity index (χ2n) is 7.09. The van der Waals surface area contributed by atoms with Crippen LogP contribution in [0.15, 0.2) is 29.3 Å². The third kappa shape index (κ3) is 7.31. The maximum atomic E-state index is 5.30. The van der Waals surface area contributed by atoms with Crippen LogP contribution in [0.2, 0.25) is 0 Å². The van der Waals surface area contributed by atoms with Gasteiger partial charge in [0.15, 0.2) is 5.96 Å². The lowest BCUT2D eigenvalue weighted by Crippen LogP contribution is -2.43. The molecule has 1 atom stereocenters. The molecular formula is C20H35IN4O. The van der Waals surface area contributed by atoms with Gasteiger partial charge in [-0.1, -0.05) is 26.0 Å². The summed E-state index contributed by atoms with van der Waals surface area (Å²) in [6.45, 7) is 8.62. The monoisotopic (exact) mass is 474 g/mol. The van der Waals surface area contributed by atoms with Crippen molar-refractivity contribution >= 4 is 29.9 Å². The van der Waals surface area contributed by atoms with E-state index in [0.29, 0.717) is 12.0 Å². The first kappa shape index (κ1) is 23.0. The van der Waals surface area contributed by atoms with Gasteiger partial charge in [-0.05, 0) is 56.0 Å². The average molecular weight is 474 g/mol. The maximum Gasteiger partial charge on any atom is 0.191 e. The highest BCUT2D eigenvalue weighted by atomic mass is 127. The Labute approximate surface area is 176 Å². The molecule has 0 saturated carbocycles. The molecule has 1 fully saturated rings. The molecule has 1 saturated heterocycles. The SMILES string of the molecule is CN=C(NCCC(C)C)NCC(c1ccc(OC)cc1)N1CCCC1.I. The molecule has 0 spiro atoms. The highest BCUT2D eigenvalue weighted by molar-refractivity contribution is 14.0. The van der Waals surface area contributed by atoms with Gasteiger partial charge >= 0.3 is 0 Å². The summed E-state index contributed by atoms with van der Waals surface area (Å²) in [6, 6.07) is 8.82. The van der Waals surface area contributed by atoms with Crippen molar-refractivity contribution < 1.29 is 4.74 Å². The number of rotatable bonds is 8. The summed E-state index contributed by atoms with van der Waals surface area (Å²) in [5, 5.41) is 6.93. The molecule has 0 aromatic heterocycles. The molecule has 1 aromatic carbocycles. The van der Waals surface area contributed by atoms with Crippen molar-refractivity contribution in [1.29, 1.82) is 0 Å². The minimum absolute atomic E-state index is 0. The number of ether oxygens (including phenoxy) is 1. The lowest BCUT2D eigenvalue weighted by atomic mass is 10.1. The van der Waals surface area contributed by atoms with Crippen LogP contribution < -0.4 is 15.4 Å². The van der Waals surface area contributed by atoms with Crippen molar-refractivity contribution in [2.75, 3.05) is 40.3 Å². The van der Waals surface area contributed by atoms with Crippen LogP contribution in [0.5, 0.6) is 5.75 Å². The summed E-state index contributed by atoms with van der Waals surface area (Å²) < 4.78 is 5.30. The second kappa shape index (κ2) is 12.4. The Balaban J connectivity index is 0.00000338. The summed E-state index contributed by atoms with van der Waals surface area (Å²) in [5.74, 6) is 2.49.